The van der Waals surface area contributed by atoms with Crippen molar-refractivity contribution in [3.8, 4) is 17.1 Å². The Morgan fingerprint density at radius 2 is 1.48 bits per heavy atom. The van der Waals surface area contributed by atoms with Crippen molar-refractivity contribution in [1.82, 2.24) is 14.5 Å². The molecule has 0 radical (unpaired) electrons. The second-order valence-corrected chi connectivity index (χ2v) is 6.41. The maximum atomic E-state index is 4.45. The molecule has 4 heteroatoms. The van der Waals surface area contributed by atoms with Crippen molar-refractivity contribution < 1.29 is 4.57 Å². The first kappa shape index (κ1) is 15.5. The van der Waals surface area contributed by atoms with E-state index in [1.165, 1.54) is 16.6 Å². The molecule has 0 saturated heterocycles. The topological polar surface area (TPSA) is 34.6 Å². The van der Waals surface area contributed by atoms with Crippen molar-refractivity contribution >= 4 is 11.0 Å². The van der Waals surface area contributed by atoms with Gasteiger partial charge in [0.1, 0.15) is 6.33 Å². The fourth-order valence-electron chi connectivity index (χ4n) is 3.58. The van der Waals surface area contributed by atoms with Gasteiger partial charge in [-0.3, -0.25) is 0 Å². The van der Waals surface area contributed by atoms with Crippen LogP contribution in [0.2, 0.25) is 0 Å². The number of nitrogens with zero attached hydrogens (tertiary/aromatic N) is 4. The first-order valence-electron chi connectivity index (χ1n) is 8.43. The molecular formula is C21H21N4+. The summed E-state index contributed by atoms with van der Waals surface area (Å²) in [6, 6.07) is 17.0. The van der Waals surface area contributed by atoms with E-state index in [1.54, 1.807) is 6.33 Å². The average Bonchev–Trinajstić information content (AvgIpc) is 2.89. The third-order valence-electron chi connectivity index (χ3n) is 4.81. The van der Waals surface area contributed by atoms with Crippen LogP contribution < -0.4 is 4.57 Å². The molecule has 0 atom stereocenters. The van der Waals surface area contributed by atoms with Crippen LogP contribution in [0.3, 0.4) is 0 Å². The van der Waals surface area contributed by atoms with Gasteiger partial charge in [0.2, 0.25) is 0 Å². The van der Waals surface area contributed by atoms with Gasteiger partial charge in [0.05, 0.1) is 24.0 Å². The van der Waals surface area contributed by atoms with Crippen molar-refractivity contribution in [2.75, 3.05) is 0 Å². The molecule has 4 nitrogen and oxygen atoms in total. The summed E-state index contributed by atoms with van der Waals surface area (Å²) in [7, 11) is 2.12. The summed E-state index contributed by atoms with van der Waals surface area (Å²) in [5.74, 6) is 1.14. The minimum absolute atomic E-state index is 0.976. The molecule has 25 heavy (non-hydrogen) atoms. The average molecular weight is 329 g/mol. The van der Waals surface area contributed by atoms with Gasteiger partial charge in [0, 0.05) is 0 Å². The molecule has 2 aromatic heterocycles. The van der Waals surface area contributed by atoms with E-state index in [9.17, 15) is 0 Å². The van der Waals surface area contributed by atoms with E-state index >= 15 is 0 Å². The highest BCUT2D eigenvalue weighted by atomic mass is 15.2. The van der Waals surface area contributed by atoms with Gasteiger partial charge in [0.25, 0.3) is 5.82 Å². The van der Waals surface area contributed by atoms with Crippen LogP contribution in [0.4, 0.5) is 0 Å². The molecule has 0 amide bonds. The molecule has 0 aliphatic carbocycles. The molecule has 0 unspecified atom stereocenters. The minimum Gasteiger partial charge on any atom is -0.237 e. The molecule has 0 fully saturated rings. The fourth-order valence-corrected chi connectivity index (χ4v) is 3.58. The zero-order chi connectivity index (χ0) is 17.6. The van der Waals surface area contributed by atoms with Gasteiger partial charge in [-0.15, -0.1) is 0 Å². The van der Waals surface area contributed by atoms with Crippen LogP contribution in [0.15, 0.2) is 54.9 Å². The number of para-hydroxylation sites is 2. The Labute approximate surface area is 147 Å². The predicted molar refractivity (Wildman–Crippen MR) is 99.7 cm³/mol. The predicted octanol–water partition coefficient (Wildman–Crippen LogP) is 3.84. The van der Waals surface area contributed by atoms with Crippen molar-refractivity contribution in [1.29, 1.82) is 0 Å². The van der Waals surface area contributed by atoms with Gasteiger partial charge < -0.3 is 0 Å². The van der Waals surface area contributed by atoms with Gasteiger partial charge >= 0.3 is 0 Å². The molecule has 2 aromatic carbocycles. The molecule has 0 aliphatic rings. The van der Waals surface area contributed by atoms with Crippen LogP contribution in [0, 0.1) is 20.8 Å². The SMILES string of the molecule is Cc1ccccc1-c1n(-c2c(C)ncnc2C)c2ccccc2[n+]1C. The van der Waals surface area contributed by atoms with E-state index in [0.29, 0.717) is 0 Å². The van der Waals surface area contributed by atoms with Gasteiger partial charge in [-0.2, -0.15) is 4.57 Å². The first-order valence-corrected chi connectivity index (χ1v) is 8.43. The zero-order valence-electron chi connectivity index (χ0n) is 15.0. The van der Waals surface area contributed by atoms with Crippen LogP contribution in [-0.2, 0) is 7.05 Å². The highest BCUT2D eigenvalue weighted by Gasteiger charge is 2.29. The highest BCUT2D eigenvalue weighted by molar-refractivity contribution is 5.80. The number of hydrogen-bond donors (Lipinski definition) is 0. The van der Waals surface area contributed by atoms with Crippen LogP contribution in [0.1, 0.15) is 17.0 Å². The maximum Gasteiger partial charge on any atom is 0.295 e. The first-order chi connectivity index (χ1) is 12.1. The van der Waals surface area contributed by atoms with Crippen LogP contribution in [0.5, 0.6) is 0 Å². The van der Waals surface area contributed by atoms with E-state index in [0.717, 1.165) is 28.4 Å². The van der Waals surface area contributed by atoms with Gasteiger partial charge in [-0.1, -0.05) is 30.3 Å². The zero-order valence-corrected chi connectivity index (χ0v) is 15.0. The van der Waals surface area contributed by atoms with Crippen LogP contribution in [-0.4, -0.2) is 14.5 Å². The monoisotopic (exact) mass is 329 g/mol. The molecule has 0 bridgehead atoms. The number of benzene rings is 2. The van der Waals surface area contributed by atoms with E-state index < -0.39 is 0 Å². The molecular weight excluding hydrogens is 308 g/mol. The van der Waals surface area contributed by atoms with Gasteiger partial charge in [-0.25, -0.2) is 14.5 Å². The van der Waals surface area contributed by atoms with Gasteiger partial charge in [0.15, 0.2) is 16.7 Å². The summed E-state index contributed by atoms with van der Waals surface area (Å²) in [6.07, 6.45) is 1.63. The molecule has 0 spiro atoms. The summed E-state index contributed by atoms with van der Waals surface area (Å²) in [5.41, 5.74) is 7.80. The lowest BCUT2D eigenvalue weighted by molar-refractivity contribution is -0.633. The standard InChI is InChI=1S/C21H21N4/c1-14-9-5-6-10-17(14)21-24(4)18-11-7-8-12-19(18)25(21)20-15(2)22-13-23-16(20)3/h5-13H,1-4H3/q+1. The van der Waals surface area contributed by atoms with Crippen molar-refractivity contribution in [2.24, 2.45) is 7.05 Å². The number of aryl methyl sites for hydroxylation is 4. The Hall–Kier alpha value is -3.01. The number of aromatic nitrogens is 4. The summed E-state index contributed by atoms with van der Waals surface area (Å²) >= 11 is 0. The molecule has 4 rings (SSSR count). The number of hydrogen-bond acceptors (Lipinski definition) is 2. The van der Waals surface area contributed by atoms with Gasteiger partial charge in [-0.05, 0) is 44.5 Å². The molecule has 2 heterocycles. The van der Waals surface area contributed by atoms with E-state index in [4.69, 9.17) is 0 Å². The quantitative estimate of drug-likeness (QED) is 0.524. The van der Waals surface area contributed by atoms with Crippen molar-refractivity contribution in [3.63, 3.8) is 0 Å². The van der Waals surface area contributed by atoms with Crippen molar-refractivity contribution in [2.45, 2.75) is 20.8 Å². The number of imidazole rings is 1. The third kappa shape index (κ3) is 2.33. The molecule has 124 valence electrons. The van der Waals surface area contributed by atoms with E-state index in [-0.39, 0.29) is 0 Å². The van der Waals surface area contributed by atoms with Crippen molar-refractivity contribution in [3.05, 3.63) is 71.8 Å². The normalized spacial score (nSPS) is 11.2. The Morgan fingerprint density at radius 1 is 0.840 bits per heavy atom. The molecule has 4 aromatic rings. The van der Waals surface area contributed by atoms with Crippen LogP contribution in [0.25, 0.3) is 28.1 Å². The highest BCUT2D eigenvalue weighted by Crippen LogP contribution is 2.30. The lowest BCUT2D eigenvalue weighted by Crippen LogP contribution is -2.30. The second kappa shape index (κ2) is 5.81. The van der Waals surface area contributed by atoms with E-state index in [2.05, 4.69) is 81.6 Å². The maximum absolute atomic E-state index is 4.45. The number of rotatable bonds is 2. The lowest BCUT2D eigenvalue weighted by Gasteiger charge is -2.09. The number of fused-ring (bicyclic) bond motifs is 1. The Morgan fingerprint density at radius 3 is 2.20 bits per heavy atom. The Kier molecular flexibility index (Phi) is 3.61. The summed E-state index contributed by atoms with van der Waals surface area (Å²) in [6.45, 7) is 6.24. The molecule has 0 aliphatic heterocycles. The Balaban J connectivity index is 2.21. The molecule has 0 N–H and O–H groups in total. The minimum atomic E-state index is 0.976. The summed E-state index contributed by atoms with van der Waals surface area (Å²) in [4.78, 5) is 8.90. The Bertz CT molecular complexity index is 1070. The lowest BCUT2D eigenvalue weighted by atomic mass is 10.1. The summed E-state index contributed by atoms with van der Waals surface area (Å²) < 4.78 is 4.55. The van der Waals surface area contributed by atoms with E-state index in [1.807, 2.05) is 13.8 Å². The second-order valence-electron chi connectivity index (χ2n) is 6.41. The largest absolute Gasteiger partial charge is 0.295 e. The summed E-state index contributed by atoms with van der Waals surface area (Å²) in [5, 5.41) is 0. The third-order valence-corrected chi connectivity index (χ3v) is 4.81. The van der Waals surface area contributed by atoms with Crippen LogP contribution >= 0.6 is 0 Å². The molecule has 0 saturated carbocycles. The smallest absolute Gasteiger partial charge is 0.237 e. The fraction of sp³-hybridized carbons (Fsp3) is 0.190.